The maximum Gasteiger partial charge on any atom is 0.137 e. The average molecular weight is 863 g/mol. The molecule has 2 atom stereocenters. The minimum absolute atomic E-state index is 0.00250. The number of para-hydroxylation sites is 2. The minimum atomic E-state index is -0.715. The molecule has 324 valence electrons. The van der Waals surface area contributed by atoms with Gasteiger partial charge in [0, 0.05) is 66.6 Å². The molecule has 6 nitrogen and oxygen atoms in total. The highest BCUT2D eigenvalue weighted by Gasteiger charge is 2.29. The SMILES string of the molecule is CC(O)c1cc(-c2cc(C3CO3)cc3oc4cc(-n5c6ccccc6c6cc(C(C)(C)C)ccc65)ccc4c23)c2c(c1)oc1cc(-n3c4ccccc4c4cc(C(C)(C)C)ccc43)ccc12. The van der Waals surface area contributed by atoms with Gasteiger partial charge in [-0.1, -0.05) is 90.1 Å². The van der Waals surface area contributed by atoms with Gasteiger partial charge in [-0.05, 0) is 136 Å². The van der Waals surface area contributed by atoms with E-state index in [1.807, 2.05) is 13.0 Å². The predicted octanol–water partition coefficient (Wildman–Crippen LogP) is 16.1. The molecule has 5 heterocycles. The second-order valence-electron chi connectivity index (χ2n) is 20.6. The molecule has 0 bridgehead atoms. The third-order valence-electron chi connectivity index (χ3n) is 14.2. The number of ether oxygens (including phenoxy) is 1. The summed E-state index contributed by atoms with van der Waals surface area (Å²) in [6, 6.07) is 52.8. The molecule has 1 fully saturated rings. The Balaban J connectivity index is 1.02. The summed E-state index contributed by atoms with van der Waals surface area (Å²) in [4.78, 5) is 0. The number of hydrogen-bond acceptors (Lipinski definition) is 4. The number of hydrogen-bond donors (Lipinski definition) is 1. The van der Waals surface area contributed by atoms with Gasteiger partial charge in [0.05, 0.1) is 34.8 Å². The van der Waals surface area contributed by atoms with Crippen molar-refractivity contribution in [3.8, 4) is 22.5 Å². The number of aliphatic hydroxyl groups excluding tert-OH is 1. The second kappa shape index (κ2) is 13.7. The Labute approximate surface area is 382 Å². The molecule has 12 aromatic rings. The lowest BCUT2D eigenvalue weighted by atomic mass is 9.86. The number of furan rings is 2. The predicted molar refractivity (Wildman–Crippen MR) is 272 cm³/mol. The van der Waals surface area contributed by atoms with Gasteiger partial charge in [-0.2, -0.15) is 0 Å². The van der Waals surface area contributed by atoms with Crippen LogP contribution in [0.5, 0.6) is 0 Å². The minimum Gasteiger partial charge on any atom is -0.456 e. The Morgan fingerprint density at radius 2 is 0.955 bits per heavy atom. The van der Waals surface area contributed by atoms with Crippen molar-refractivity contribution in [2.75, 3.05) is 6.61 Å². The maximum atomic E-state index is 11.2. The Kier molecular flexibility index (Phi) is 8.15. The van der Waals surface area contributed by atoms with Crippen LogP contribution in [-0.4, -0.2) is 20.8 Å². The van der Waals surface area contributed by atoms with Crippen molar-refractivity contribution in [3.63, 3.8) is 0 Å². The van der Waals surface area contributed by atoms with E-state index < -0.39 is 6.10 Å². The van der Waals surface area contributed by atoms with E-state index in [-0.39, 0.29) is 16.9 Å². The van der Waals surface area contributed by atoms with Crippen molar-refractivity contribution in [2.24, 2.45) is 0 Å². The van der Waals surface area contributed by atoms with Crippen LogP contribution >= 0.6 is 0 Å². The first-order chi connectivity index (χ1) is 31.8. The van der Waals surface area contributed by atoms with Gasteiger partial charge in [-0.3, -0.25) is 0 Å². The smallest absolute Gasteiger partial charge is 0.137 e. The molecule has 66 heavy (non-hydrogen) atoms. The highest BCUT2D eigenvalue weighted by Crippen LogP contribution is 2.48. The van der Waals surface area contributed by atoms with Crippen LogP contribution in [0.2, 0.25) is 0 Å². The van der Waals surface area contributed by atoms with E-state index in [9.17, 15) is 5.11 Å². The average Bonchev–Trinajstić information content (AvgIpc) is 3.72. The summed E-state index contributed by atoms with van der Waals surface area (Å²) in [5.74, 6) is 0. The first kappa shape index (κ1) is 39.3. The Hall–Kier alpha value is -7.12. The van der Waals surface area contributed by atoms with E-state index in [1.165, 1.54) is 32.7 Å². The summed E-state index contributed by atoms with van der Waals surface area (Å²) in [6.45, 7) is 16.1. The molecule has 0 spiro atoms. The number of benzene rings is 8. The molecule has 4 aromatic heterocycles. The van der Waals surface area contributed by atoms with Gasteiger partial charge < -0.3 is 27.8 Å². The van der Waals surface area contributed by atoms with Gasteiger partial charge >= 0.3 is 0 Å². The molecule has 1 aliphatic heterocycles. The fourth-order valence-corrected chi connectivity index (χ4v) is 10.6. The molecule has 1 aliphatic rings. The fraction of sp³-hybridized carbons (Fsp3) is 0.200. The maximum absolute atomic E-state index is 11.2. The lowest BCUT2D eigenvalue weighted by Gasteiger charge is -2.19. The zero-order chi connectivity index (χ0) is 45.0. The van der Waals surface area contributed by atoms with E-state index in [2.05, 4.69) is 190 Å². The van der Waals surface area contributed by atoms with Gasteiger partial charge in [-0.15, -0.1) is 0 Å². The highest BCUT2D eigenvalue weighted by atomic mass is 16.6. The van der Waals surface area contributed by atoms with Crippen LogP contribution in [0.3, 0.4) is 0 Å². The molecule has 0 aliphatic carbocycles. The second-order valence-corrected chi connectivity index (χ2v) is 20.6. The van der Waals surface area contributed by atoms with E-state index in [0.29, 0.717) is 6.61 Å². The molecule has 0 amide bonds. The van der Waals surface area contributed by atoms with Crippen LogP contribution in [-0.2, 0) is 15.6 Å². The molecule has 1 N–H and O–H groups in total. The number of rotatable bonds is 5. The van der Waals surface area contributed by atoms with Crippen molar-refractivity contribution >= 4 is 87.5 Å². The normalized spacial score (nSPS) is 15.2. The van der Waals surface area contributed by atoms with E-state index in [1.54, 1.807) is 0 Å². The van der Waals surface area contributed by atoms with E-state index >= 15 is 0 Å². The number of nitrogens with zero attached hydrogens (tertiary/aromatic N) is 2. The molecular weight excluding hydrogens is 813 g/mol. The summed E-state index contributed by atoms with van der Waals surface area (Å²) < 4.78 is 24.4. The molecule has 6 heteroatoms. The lowest BCUT2D eigenvalue weighted by molar-refractivity contribution is 0.199. The molecule has 8 aromatic carbocycles. The van der Waals surface area contributed by atoms with Crippen LogP contribution < -0.4 is 0 Å². The topological polar surface area (TPSA) is 68.9 Å². The van der Waals surface area contributed by atoms with Crippen molar-refractivity contribution in [1.82, 2.24) is 9.13 Å². The zero-order valence-electron chi connectivity index (χ0n) is 38.3. The van der Waals surface area contributed by atoms with Crippen LogP contribution in [0.1, 0.15) is 82.9 Å². The summed E-state index contributed by atoms with van der Waals surface area (Å²) in [7, 11) is 0. The number of fused-ring (bicyclic) bond motifs is 12. The Bertz CT molecular complexity index is 3750. The van der Waals surface area contributed by atoms with Gasteiger partial charge in [0.15, 0.2) is 0 Å². The van der Waals surface area contributed by atoms with Crippen molar-refractivity contribution in [2.45, 2.75) is 71.5 Å². The molecule has 0 radical (unpaired) electrons. The fourth-order valence-electron chi connectivity index (χ4n) is 10.6. The number of aliphatic hydroxyl groups is 1. The Morgan fingerprint density at radius 1 is 0.485 bits per heavy atom. The molecule has 0 saturated carbocycles. The standard InChI is InChI=1S/C60H50N2O4/c1-33(63)34-24-46(57-42-20-18-38(30-52(42)65-54(57)26-34)61-48-14-10-8-12-40(48)44-28-36(59(2,3)4)16-22-50(44)61)47-25-35(56-32-64-56)27-55-58(47)43-21-19-39(31-53(43)66-55)62-49-15-11-9-13-41(49)45-29-37(60(5,6)7)17-23-51(45)62/h8-31,33,56,63H,32H2,1-7H3. The van der Waals surface area contributed by atoms with Crippen molar-refractivity contribution in [1.29, 1.82) is 0 Å². The summed E-state index contributed by atoms with van der Waals surface area (Å²) in [6.07, 6.45) is -0.718. The number of aromatic nitrogens is 2. The lowest BCUT2D eigenvalue weighted by Crippen LogP contribution is -2.10. The Morgan fingerprint density at radius 3 is 1.44 bits per heavy atom. The molecular formula is C60H50N2O4. The van der Waals surface area contributed by atoms with E-state index in [0.717, 1.165) is 99.6 Å². The largest absolute Gasteiger partial charge is 0.456 e. The van der Waals surface area contributed by atoms with Crippen molar-refractivity contribution in [3.05, 3.63) is 168 Å². The molecule has 13 rings (SSSR count). The summed E-state index contributed by atoms with van der Waals surface area (Å²) >= 11 is 0. The monoisotopic (exact) mass is 862 g/mol. The quantitative estimate of drug-likeness (QED) is 0.175. The van der Waals surface area contributed by atoms with Crippen LogP contribution in [0.4, 0.5) is 0 Å². The third kappa shape index (κ3) is 5.87. The van der Waals surface area contributed by atoms with Crippen LogP contribution in [0, 0.1) is 0 Å². The van der Waals surface area contributed by atoms with Crippen LogP contribution in [0.15, 0.2) is 154 Å². The van der Waals surface area contributed by atoms with Crippen LogP contribution in [0.25, 0.3) is 110 Å². The number of epoxide rings is 1. The third-order valence-corrected chi connectivity index (χ3v) is 14.2. The highest BCUT2D eigenvalue weighted by molar-refractivity contribution is 6.20. The van der Waals surface area contributed by atoms with Gasteiger partial charge in [0.1, 0.15) is 28.4 Å². The summed E-state index contributed by atoms with van der Waals surface area (Å²) in [5.41, 5.74) is 16.3. The van der Waals surface area contributed by atoms with Gasteiger partial charge in [0.25, 0.3) is 0 Å². The zero-order valence-corrected chi connectivity index (χ0v) is 38.3. The van der Waals surface area contributed by atoms with Gasteiger partial charge in [0.2, 0.25) is 0 Å². The summed E-state index contributed by atoms with van der Waals surface area (Å²) in [5, 5.41) is 20.2. The molecule has 2 unspecified atom stereocenters. The first-order valence-electron chi connectivity index (χ1n) is 23.2. The van der Waals surface area contributed by atoms with E-state index in [4.69, 9.17) is 13.6 Å². The van der Waals surface area contributed by atoms with Gasteiger partial charge in [-0.25, -0.2) is 0 Å². The molecule has 1 saturated heterocycles. The first-order valence-corrected chi connectivity index (χ1v) is 23.2. The van der Waals surface area contributed by atoms with Crippen molar-refractivity contribution < 1.29 is 18.7 Å².